The van der Waals surface area contributed by atoms with E-state index in [1.54, 1.807) is 18.2 Å². The molecule has 2 aromatic carbocycles. The Labute approximate surface area is 145 Å². The zero-order chi connectivity index (χ0) is 18.0. The summed E-state index contributed by atoms with van der Waals surface area (Å²) in [6.45, 7) is 0.325. The molecule has 0 bridgehead atoms. The quantitative estimate of drug-likeness (QED) is 0.818. The van der Waals surface area contributed by atoms with Gasteiger partial charge in [0.15, 0.2) is 0 Å². The first-order valence-electron chi connectivity index (χ1n) is 7.62. The van der Waals surface area contributed by atoms with Crippen LogP contribution in [0.5, 0.6) is 0 Å². The van der Waals surface area contributed by atoms with Crippen LogP contribution in [-0.2, 0) is 21.3 Å². The third-order valence-electron chi connectivity index (χ3n) is 3.93. The van der Waals surface area contributed by atoms with E-state index in [1.807, 2.05) is 0 Å². The highest BCUT2D eigenvalue weighted by molar-refractivity contribution is 7.90. The van der Waals surface area contributed by atoms with Gasteiger partial charge in [0, 0.05) is 7.11 Å². The second-order valence-corrected chi connectivity index (χ2v) is 7.36. The molecule has 8 heteroatoms. The second-order valence-electron chi connectivity index (χ2n) is 5.53. The molecule has 2 aromatic rings. The monoisotopic (exact) mass is 364 g/mol. The molecule has 0 unspecified atom stereocenters. The smallest absolute Gasteiger partial charge is 0.338 e. The fourth-order valence-corrected chi connectivity index (χ4v) is 4.22. The third kappa shape index (κ3) is 3.22. The maximum Gasteiger partial charge on any atom is 0.338 e. The average Bonchev–Trinajstić information content (AvgIpc) is 2.60. The molecular weight excluding hydrogens is 347 g/mol. The molecule has 0 spiro atoms. The lowest BCUT2D eigenvalue weighted by atomic mass is 10.2. The Morgan fingerprint density at radius 1 is 1.08 bits per heavy atom. The van der Waals surface area contributed by atoms with Crippen molar-refractivity contribution < 1.29 is 22.3 Å². The number of methoxy groups -OCH3 is 1. The van der Waals surface area contributed by atoms with E-state index in [9.17, 15) is 17.6 Å². The van der Waals surface area contributed by atoms with Crippen molar-refractivity contribution >= 4 is 21.7 Å². The van der Waals surface area contributed by atoms with E-state index in [2.05, 4.69) is 0 Å². The first kappa shape index (κ1) is 17.4. The van der Waals surface area contributed by atoms with Crippen molar-refractivity contribution in [1.82, 2.24) is 4.31 Å². The molecule has 0 atom stereocenters. The molecular formula is C17H17FN2O4S. The molecule has 0 N–H and O–H groups in total. The summed E-state index contributed by atoms with van der Waals surface area (Å²) < 4.78 is 44.7. The van der Waals surface area contributed by atoms with E-state index < -0.39 is 21.9 Å². The Morgan fingerprint density at radius 2 is 1.76 bits per heavy atom. The van der Waals surface area contributed by atoms with Crippen LogP contribution in [0.15, 0.2) is 53.4 Å². The van der Waals surface area contributed by atoms with Gasteiger partial charge >= 0.3 is 6.03 Å². The lowest BCUT2D eigenvalue weighted by Gasteiger charge is -2.36. The Morgan fingerprint density at radius 3 is 2.44 bits per heavy atom. The number of amides is 2. The number of hydrogen-bond acceptors (Lipinski definition) is 4. The van der Waals surface area contributed by atoms with Gasteiger partial charge in [-0.2, -0.15) is 0 Å². The molecule has 0 aromatic heterocycles. The number of ether oxygens (including phenoxy) is 1. The van der Waals surface area contributed by atoms with E-state index in [1.165, 1.54) is 42.3 Å². The van der Waals surface area contributed by atoms with Crippen molar-refractivity contribution in [2.45, 2.75) is 11.4 Å². The summed E-state index contributed by atoms with van der Waals surface area (Å²) in [5.74, 6) is -0.427. The number of anilines is 1. The maximum atomic E-state index is 13.1. The summed E-state index contributed by atoms with van der Waals surface area (Å²) in [7, 11) is -2.48. The predicted octanol–water partition coefficient (Wildman–Crippen LogP) is 2.60. The van der Waals surface area contributed by atoms with Gasteiger partial charge in [0.1, 0.15) is 10.7 Å². The number of nitrogens with zero attached hydrogens (tertiary/aromatic N) is 2. The van der Waals surface area contributed by atoms with Crippen molar-refractivity contribution in [3.63, 3.8) is 0 Å². The molecule has 2 amide bonds. The average molecular weight is 364 g/mol. The Kier molecular flexibility index (Phi) is 4.73. The number of carbonyl (C=O) groups is 1. The van der Waals surface area contributed by atoms with E-state index >= 15 is 0 Å². The van der Waals surface area contributed by atoms with E-state index in [4.69, 9.17) is 4.74 Å². The van der Waals surface area contributed by atoms with Crippen LogP contribution in [-0.4, -0.2) is 39.0 Å². The van der Waals surface area contributed by atoms with Crippen LogP contribution in [0.4, 0.5) is 14.9 Å². The zero-order valence-electron chi connectivity index (χ0n) is 13.6. The standard InChI is InChI=1S/C17H17FN2O4S/c1-24-11-10-19-15-4-2-3-5-16(15)25(22,23)20(17(19)21)12-13-6-8-14(18)9-7-13/h2-9H,10-12H2,1H3. The molecule has 0 saturated carbocycles. The van der Waals surface area contributed by atoms with Gasteiger partial charge in [-0.15, -0.1) is 0 Å². The molecule has 25 heavy (non-hydrogen) atoms. The van der Waals surface area contributed by atoms with Gasteiger partial charge in [0.05, 0.1) is 25.4 Å². The topological polar surface area (TPSA) is 66.9 Å². The normalized spacial score (nSPS) is 16.0. The van der Waals surface area contributed by atoms with Gasteiger partial charge in [0.2, 0.25) is 0 Å². The number of halogens is 1. The predicted molar refractivity (Wildman–Crippen MR) is 90.2 cm³/mol. The van der Waals surface area contributed by atoms with Crippen LogP contribution in [0.3, 0.4) is 0 Å². The van der Waals surface area contributed by atoms with Crippen molar-refractivity contribution in [2.24, 2.45) is 0 Å². The Bertz CT molecular complexity index is 884. The number of benzene rings is 2. The Balaban J connectivity index is 2.03. The number of urea groups is 1. The molecule has 1 aliphatic heterocycles. The molecule has 132 valence electrons. The minimum atomic E-state index is -3.99. The number of hydrogen-bond donors (Lipinski definition) is 0. The maximum absolute atomic E-state index is 13.1. The third-order valence-corrected chi connectivity index (χ3v) is 5.69. The molecule has 0 saturated heterocycles. The van der Waals surface area contributed by atoms with Gasteiger partial charge in [-0.1, -0.05) is 24.3 Å². The fourth-order valence-electron chi connectivity index (χ4n) is 2.66. The molecule has 3 rings (SSSR count). The van der Waals surface area contributed by atoms with E-state index in [0.29, 0.717) is 11.3 Å². The van der Waals surface area contributed by atoms with Gasteiger partial charge in [-0.05, 0) is 29.8 Å². The number of sulfonamides is 1. The van der Waals surface area contributed by atoms with Crippen molar-refractivity contribution in [1.29, 1.82) is 0 Å². The van der Waals surface area contributed by atoms with Gasteiger partial charge in [-0.25, -0.2) is 21.9 Å². The molecule has 0 radical (unpaired) electrons. The number of carbonyl (C=O) groups excluding carboxylic acids is 1. The summed E-state index contributed by atoms with van der Waals surface area (Å²) in [6, 6.07) is 11.1. The minimum absolute atomic E-state index is 0.0628. The number of para-hydroxylation sites is 1. The zero-order valence-corrected chi connectivity index (χ0v) is 14.4. The molecule has 0 fully saturated rings. The Hall–Kier alpha value is -2.45. The first-order chi connectivity index (χ1) is 11.9. The van der Waals surface area contributed by atoms with Crippen LogP contribution < -0.4 is 4.90 Å². The van der Waals surface area contributed by atoms with Gasteiger partial charge in [-0.3, -0.25) is 4.90 Å². The lowest BCUT2D eigenvalue weighted by Crippen LogP contribution is -2.51. The van der Waals surface area contributed by atoms with Gasteiger partial charge < -0.3 is 4.74 Å². The van der Waals surface area contributed by atoms with Crippen LogP contribution in [0.2, 0.25) is 0 Å². The van der Waals surface area contributed by atoms with Crippen molar-refractivity contribution in [3.8, 4) is 0 Å². The summed E-state index contributed by atoms with van der Waals surface area (Å²) >= 11 is 0. The molecule has 6 nitrogen and oxygen atoms in total. The van der Waals surface area contributed by atoms with Crippen LogP contribution in [0.1, 0.15) is 5.56 Å². The summed E-state index contributed by atoms with van der Waals surface area (Å²) in [6.07, 6.45) is 0. The molecule has 1 aliphatic rings. The summed E-state index contributed by atoms with van der Waals surface area (Å²) in [5.41, 5.74) is 0.851. The lowest BCUT2D eigenvalue weighted by molar-refractivity contribution is 0.197. The summed E-state index contributed by atoms with van der Waals surface area (Å²) in [5, 5.41) is 0. The van der Waals surface area contributed by atoms with Crippen LogP contribution in [0.25, 0.3) is 0 Å². The highest BCUT2D eigenvalue weighted by atomic mass is 32.2. The second kappa shape index (κ2) is 6.81. The van der Waals surface area contributed by atoms with E-state index in [0.717, 1.165) is 4.31 Å². The highest BCUT2D eigenvalue weighted by Gasteiger charge is 2.41. The van der Waals surface area contributed by atoms with Crippen LogP contribution >= 0.6 is 0 Å². The summed E-state index contributed by atoms with van der Waals surface area (Å²) in [4.78, 5) is 14.3. The fraction of sp³-hybridized carbons (Fsp3) is 0.235. The van der Waals surface area contributed by atoms with Crippen LogP contribution in [0, 0.1) is 5.82 Å². The van der Waals surface area contributed by atoms with Crippen molar-refractivity contribution in [3.05, 3.63) is 59.9 Å². The number of rotatable bonds is 5. The largest absolute Gasteiger partial charge is 0.383 e. The minimum Gasteiger partial charge on any atom is -0.383 e. The van der Waals surface area contributed by atoms with E-state index in [-0.39, 0.29) is 24.6 Å². The van der Waals surface area contributed by atoms with Gasteiger partial charge in [0.25, 0.3) is 10.0 Å². The molecule has 0 aliphatic carbocycles. The SMILES string of the molecule is COCCN1C(=O)N(Cc2ccc(F)cc2)S(=O)(=O)c2ccccc21. The number of fused-ring (bicyclic) bond motifs is 1. The highest BCUT2D eigenvalue weighted by Crippen LogP contribution is 2.34. The van der Waals surface area contributed by atoms with Crippen molar-refractivity contribution in [2.75, 3.05) is 25.2 Å². The molecule has 1 heterocycles. The first-order valence-corrected chi connectivity index (χ1v) is 9.06.